The van der Waals surface area contributed by atoms with Crippen LogP contribution in [0.4, 0.5) is 11.4 Å². The van der Waals surface area contributed by atoms with E-state index < -0.39 is 21.9 Å². The lowest BCUT2D eigenvalue weighted by Crippen LogP contribution is -2.31. The molecule has 0 saturated heterocycles. The predicted octanol–water partition coefficient (Wildman–Crippen LogP) is 4.74. The number of sulfonamides is 1. The molecular formula is C24H23ClN2O5S. The zero-order chi connectivity index (χ0) is 24.0. The standard InChI is InChI=1S/C24H23ClN2O5S/c1-3-32-24(29)19-14-13-18(15-21(19)25)26-23(28)20-11-7-8-12-22(20)27(33(2,30)31)16-17-9-5-4-6-10-17/h4-15H,3,16H2,1-2H3,(H,26,28). The molecule has 3 rings (SSSR count). The van der Waals surface area contributed by atoms with E-state index in [2.05, 4.69) is 5.32 Å². The number of para-hydroxylation sites is 1. The fraction of sp³-hybridized carbons (Fsp3) is 0.167. The van der Waals surface area contributed by atoms with Crippen molar-refractivity contribution < 1.29 is 22.7 Å². The summed E-state index contributed by atoms with van der Waals surface area (Å²) in [6.45, 7) is 1.98. The van der Waals surface area contributed by atoms with Crippen molar-refractivity contribution in [2.24, 2.45) is 0 Å². The van der Waals surface area contributed by atoms with Crippen LogP contribution in [-0.2, 0) is 21.3 Å². The van der Waals surface area contributed by atoms with Gasteiger partial charge in [0.25, 0.3) is 5.91 Å². The first-order chi connectivity index (χ1) is 15.7. The number of hydrogen-bond acceptors (Lipinski definition) is 5. The quantitative estimate of drug-likeness (QED) is 0.464. The minimum absolute atomic E-state index is 0.0734. The molecular weight excluding hydrogens is 464 g/mol. The number of halogens is 1. The zero-order valence-electron chi connectivity index (χ0n) is 18.1. The highest BCUT2D eigenvalue weighted by Crippen LogP contribution is 2.27. The van der Waals surface area contributed by atoms with Gasteiger partial charge in [0, 0.05) is 5.69 Å². The zero-order valence-corrected chi connectivity index (χ0v) is 19.7. The fourth-order valence-corrected chi connectivity index (χ4v) is 4.34. The molecule has 0 bridgehead atoms. The van der Waals surface area contributed by atoms with Gasteiger partial charge >= 0.3 is 5.97 Å². The summed E-state index contributed by atoms with van der Waals surface area (Å²) in [6, 6.07) is 20.0. The van der Waals surface area contributed by atoms with Gasteiger partial charge < -0.3 is 10.1 Å². The van der Waals surface area contributed by atoms with E-state index in [0.717, 1.165) is 11.8 Å². The number of esters is 1. The van der Waals surface area contributed by atoms with Crippen LogP contribution < -0.4 is 9.62 Å². The van der Waals surface area contributed by atoms with E-state index in [1.165, 1.54) is 22.5 Å². The first kappa shape index (κ1) is 24.3. The predicted molar refractivity (Wildman–Crippen MR) is 129 cm³/mol. The van der Waals surface area contributed by atoms with Crippen molar-refractivity contribution in [3.63, 3.8) is 0 Å². The molecule has 0 heterocycles. The second kappa shape index (κ2) is 10.5. The SMILES string of the molecule is CCOC(=O)c1ccc(NC(=O)c2ccccc2N(Cc2ccccc2)S(C)(=O)=O)cc1Cl. The molecule has 7 nitrogen and oxygen atoms in total. The molecule has 0 aliphatic carbocycles. The van der Waals surface area contributed by atoms with Crippen LogP contribution in [0.2, 0.25) is 5.02 Å². The summed E-state index contributed by atoms with van der Waals surface area (Å²) in [5.74, 6) is -1.08. The van der Waals surface area contributed by atoms with Gasteiger partial charge in [-0.2, -0.15) is 0 Å². The van der Waals surface area contributed by atoms with Crippen LogP contribution >= 0.6 is 11.6 Å². The molecule has 0 fully saturated rings. The largest absolute Gasteiger partial charge is 0.462 e. The van der Waals surface area contributed by atoms with E-state index in [0.29, 0.717) is 5.69 Å². The van der Waals surface area contributed by atoms with Crippen LogP contribution in [0.15, 0.2) is 72.8 Å². The number of carbonyl (C=O) groups excluding carboxylic acids is 2. The summed E-state index contributed by atoms with van der Waals surface area (Å²) in [6.07, 6.45) is 1.10. The van der Waals surface area contributed by atoms with Gasteiger partial charge in [0.2, 0.25) is 10.0 Å². The van der Waals surface area contributed by atoms with Crippen LogP contribution in [0.25, 0.3) is 0 Å². The maximum Gasteiger partial charge on any atom is 0.339 e. The highest BCUT2D eigenvalue weighted by atomic mass is 35.5. The highest BCUT2D eigenvalue weighted by molar-refractivity contribution is 7.92. The van der Waals surface area contributed by atoms with Crippen LogP contribution in [0, 0.1) is 0 Å². The number of anilines is 2. The van der Waals surface area contributed by atoms with Crippen molar-refractivity contribution in [3.8, 4) is 0 Å². The Hall–Kier alpha value is -3.36. The second-order valence-electron chi connectivity index (χ2n) is 7.14. The van der Waals surface area contributed by atoms with E-state index in [9.17, 15) is 18.0 Å². The Balaban J connectivity index is 1.91. The Bertz CT molecular complexity index is 1260. The number of amides is 1. The third kappa shape index (κ3) is 6.12. The average Bonchev–Trinajstić information content (AvgIpc) is 2.77. The Morgan fingerprint density at radius 2 is 1.64 bits per heavy atom. The molecule has 0 unspecified atom stereocenters. The molecule has 0 radical (unpaired) electrons. The second-order valence-corrected chi connectivity index (χ2v) is 9.46. The first-order valence-corrected chi connectivity index (χ1v) is 12.3. The van der Waals surface area contributed by atoms with Crippen LogP contribution in [0.5, 0.6) is 0 Å². The van der Waals surface area contributed by atoms with Crippen molar-refractivity contribution >= 4 is 44.9 Å². The molecule has 0 aromatic heterocycles. The molecule has 3 aromatic rings. The van der Waals surface area contributed by atoms with E-state index in [1.807, 2.05) is 30.3 Å². The summed E-state index contributed by atoms with van der Waals surface area (Å²) in [4.78, 5) is 25.0. The Labute approximate surface area is 198 Å². The van der Waals surface area contributed by atoms with Crippen LogP contribution in [0.3, 0.4) is 0 Å². The third-order valence-electron chi connectivity index (χ3n) is 4.71. The van der Waals surface area contributed by atoms with E-state index in [-0.39, 0.29) is 35.0 Å². The van der Waals surface area contributed by atoms with Gasteiger partial charge in [-0.1, -0.05) is 54.1 Å². The summed E-state index contributed by atoms with van der Waals surface area (Å²) in [5, 5.41) is 2.84. The lowest BCUT2D eigenvalue weighted by molar-refractivity contribution is 0.0526. The van der Waals surface area contributed by atoms with Gasteiger partial charge in [0.15, 0.2) is 0 Å². The molecule has 1 N–H and O–H groups in total. The van der Waals surface area contributed by atoms with Crippen molar-refractivity contribution in [1.29, 1.82) is 0 Å². The molecule has 3 aromatic carbocycles. The number of rotatable bonds is 8. The maximum atomic E-state index is 13.1. The fourth-order valence-electron chi connectivity index (χ4n) is 3.18. The van der Waals surface area contributed by atoms with Crippen molar-refractivity contribution in [2.75, 3.05) is 22.5 Å². The van der Waals surface area contributed by atoms with Crippen molar-refractivity contribution in [1.82, 2.24) is 0 Å². The highest BCUT2D eigenvalue weighted by Gasteiger charge is 2.23. The lowest BCUT2D eigenvalue weighted by atomic mass is 10.1. The van der Waals surface area contributed by atoms with E-state index >= 15 is 0 Å². The minimum atomic E-state index is -3.69. The van der Waals surface area contributed by atoms with Gasteiger partial charge in [-0.3, -0.25) is 9.10 Å². The van der Waals surface area contributed by atoms with Gasteiger partial charge in [-0.25, -0.2) is 13.2 Å². The number of benzene rings is 3. The smallest absolute Gasteiger partial charge is 0.339 e. The van der Waals surface area contributed by atoms with E-state index in [4.69, 9.17) is 16.3 Å². The molecule has 0 spiro atoms. The molecule has 172 valence electrons. The molecule has 1 amide bonds. The van der Waals surface area contributed by atoms with Crippen LogP contribution in [0.1, 0.15) is 33.2 Å². The van der Waals surface area contributed by atoms with Gasteiger partial charge in [0.1, 0.15) is 0 Å². The van der Waals surface area contributed by atoms with Crippen molar-refractivity contribution in [2.45, 2.75) is 13.5 Å². The number of ether oxygens (including phenoxy) is 1. The Kier molecular flexibility index (Phi) is 7.73. The summed E-state index contributed by atoms with van der Waals surface area (Å²) in [7, 11) is -3.69. The van der Waals surface area contributed by atoms with E-state index in [1.54, 1.807) is 31.2 Å². The van der Waals surface area contributed by atoms with Gasteiger partial charge in [0.05, 0.1) is 41.2 Å². The number of nitrogens with one attached hydrogen (secondary N) is 1. The normalized spacial score (nSPS) is 11.0. The summed E-state index contributed by atoms with van der Waals surface area (Å²) < 4.78 is 31.3. The van der Waals surface area contributed by atoms with Gasteiger partial charge in [-0.05, 0) is 42.8 Å². The molecule has 0 atom stereocenters. The molecule has 9 heteroatoms. The average molecular weight is 487 g/mol. The number of carbonyl (C=O) groups is 2. The third-order valence-corrected chi connectivity index (χ3v) is 6.15. The summed E-state index contributed by atoms with van der Waals surface area (Å²) in [5.41, 5.74) is 1.73. The molecule has 0 saturated carbocycles. The molecule has 0 aliphatic rings. The van der Waals surface area contributed by atoms with Crippen LogP contribution in [-0.4, -0.2) is 33.2 Å². The van der Waals surface area contributed by atoms with Gasteiger partial charge in [-0.15, -0.1) is 0 Å². The molecule has 33 heavy (non-hydrogen) atoms. The molecule has 0 aliphatic heterocycles. The summed E-state index contributed by atoms with van der Waals surface area (Å²) >= 11 is 6.18. The Morgan fingerprint density at radius 3 is 2.27 bits per heavy atom. The number of nitrogens with zero attached hydrogens (tertiary/aromatic N) is 1. The number of hydrogen-bond donors (Lipinski definition) is 1. The minimum Gasteiger partial charge on any atom is -0.462 e. The van der Waals surface area contributed by atoms with Crippen molar-refractivity contribution in [3.05, 3.63) is 94.5 Å². The monoisotopic (exact) mass is 486 g/mol. The topological polar surface area (TPSA) is 92.8 Å². The lowest BCUT2D eigenvalue weighted by Gasteiger charge is -2.24. The first-order valence-electron chi connectivity index (χ1n) is 10.1. The maximum absolute atomic E-state index is 13.1. The Morgan fingerprint density at radius 1 is 0.970 bits per heavy atom.